The number of carbonyl (C=O) groups excluding carboxylic acids is 2. The third-order valence-electron chi connectivity index (χ3n) is 14.7. The van der Waals surface area contributed by atoms with Crippen LogP contribution in [-0.2, 0) is 25.2 Å². The average molecular weight is 1220 g/mol. The van der Waals surface area contributed by atoms with Gasteiger partial charge in [0.25, 0.3) is 11.8 Å². The molecule has 2 saturated heterocycles. The molecule has 2 N–H and O–H groups in total. The normalized spacial score (nSPS) is 15.4. The standard InChI is InChI=1S/2C31H30ClF3N6O2/c2*1-4-28-36-14-11-25(38-28)22-6-5-13-37-30(22)43-21-8-9-24(32)26(17-21)39-29(42)23-16-19(31(33,34)35)7-10-27(23)41(3)20-12-15-40(2)18-20/h2*5-11,13-14,16-17,20H,4,12,15,18H2,1-3H3,(H,39,42). The molecule has 0 radical (unpaired) electrons. The van der Waals surface area contributed by atoms with E-state index in [1.807, 2.05) is 49.9 Å². The number of hydrogen-bond acceptors (Lipinski definition) is 14. The predicted octanol–water partition coefficient (Wildman–Crippen LogP) is 13.9. The minimum absolute atomic E-state index is 0.0458. The van der Waals surface area contributed by atoms with Crippen molar-refractivity contribution in [1.82, 2.24) is 39.7 Å². The molecule has 10 rings (SSSR count). The topological polar surface area (TPSA) is 167 Å². The number of anilines is 4. The fraction of sp³-hybridized carbons (Fsp3) is 0.290. The third-order valence-corrected chi connectivity index (χ3v) is 15.3. The van der Waals surface area contributed by atoms with E-state index in [1.165, 1.54) is 36.4 Å². The molecule has 8 aromatic rings. The van der Waals surface area contributed by atoms with Gasteiger partial charge in [0.15, 0.2) is 0 Å². The summed E-state index contributed by atoms with van der Waals surface area (Å²) in [4.78, 5) is 61.4. The second-order valence-electron chi connectivity index (χ2n) is 20.6. The highest BCUT2D eigenvalue weighted by Crippen LogP contribution is 2.40. The number of alkyl halides is 6. The summed E-state index contributed by atoms with van der Waals surface area (Å²) >= 11 is 12.8. The zero-order valence-electron chi connectivity index (χ0n) is 47.6. The van der Waals surface area contributed by atoms with Crippen molar-refractivity contribution in [3.05, 3.63) is 178 Å². The lowest BCUT2D eigenvalue weighted by Crippen LogP contribution is -2.35. The molecule has 2 aliphatic heterocycles. The summed E-state index contributed by atoms with van der Waals surface area (Å²) in [5.41, 5.74) is 1.59. The van der Waals surface area contributed by atoms with Gasteiger partial charge in [-0.1, -0.05) is 37.0 Å². The molecule has 2 fully saturated rings. The van der Waals surface area contributed by atoms with Gasteiger partial charge in [-0.2, -0.15) is 26.3 Å². The van der Waals surface area contributed by atoms with Gasteiger partial charge in [-0.05, 0) is 137 Å². The molecule has 2 aliphatic rings. The molecule has 0 spiro atoms. The highest BCUT2D eigenvalue weighted by atomic mass is 35.5. The van der Waals surface area contributed by atoms with Crippen molar-refractivity contribution >= 4 is 57.8 Å². The van der Waals surface area contributed by atoms with Gasteiger partial charge >= 0.3 is 12.4 Å². The minimum Gasteiger partial charge on any atom is -0.438 e. The van der Waals surface area contributed by atoms with Crippen LogP contribution in [0.5, 0.6) is 23.3 Å². The van der Waals surface area contributed by atoms with Crippen LogP contribution >= 0.6 is 23.2 Å². The first-order valence-corrected chi connectivity index (χ1v) is 28.2. The lowest BCUT2D eigenvalue weighted by molar-refractivity contribution is -0.138. The molecule has 24 heteroatoms. The molecule has 86 heavy (non-hydrogen) atoms. The number of amides is 2. The van der Waals surface area contributed by atoms with E-state index in [2.05, 4.69) is 50.3 Å². The molecule has 2 atom stereocenters. The van der Waals surface area contributed by atoms with Gasteiger partial charge in [0.1, 0.15) is 23.1 Å². The van der Waals surface area contributed by atoms with Crippen LogP contribution in [0.2, 0.25) is 10.0 Å². The minimum atomic E-state index is -4.62. The highest BCUT2D eigenvalue weighted by Gasteiger charge is 2.36. The Morgan fingerprint density at radius 2 is 0.977 bits per heavy atom. The molecule has 0 saturated carbocycles. The highest BCUT2D eigenvalue weighted by molar-refractivity contribution is 6.34. The molecule has 6 heterocycles. The largest absolute Gasteiger partial charge is 0.438 e. The number of benzene rings is 4. The summed E-state index contributed by atoms with van der Waals surface area (Å²) in [5.74, 6) is 1.03. The SMILES string of the molecule is CCc1nccc(-c2cccnc2Oc2ccc(Cl)c(NC(=O)c3cc(C(F)(F)F)ccc3N(C)C3CCN(C)C3)c2)n1.CCc1nccc(-c2cccnc2Oc2ccc(Cl)c(NC(=O)c3cc(C(F)(F)F)ccc3N(C)C3CCN(C)C3)c2)n1. The number of nitrogens with zero attached hydrogens (tertiary/aromatic N) is 10. The Morgan fingerprint density at radius 1 is 0.570 bits per heavy atom. The Balaban J connectivity index is 0.000000205. The Bertz CT molecular complexity index is 3510. The van der Waals surface area contributed by atoms with Crippen molar-refractivity contribution in [2.75, 3.05) is 74.8 Å². The molecular formula is C62H60Cl2F6N12O4. The van der Waals surface area contributed by atoms with Crippen LogP contribution in [0.1, 0.15) is 70.2 Å². The Kier molecular flexibility index (Phi) is 19.4. The van der Waals surface area contributed by atoms with Gasteiger partial charge in [-0.15, -0.1) is 0 Å². The smallest absolute Gasteiger partial charge is 0.416 e. The van der Waals surface area contributed by atoms with Crippen molar-refractivity contribution in [2.24, 2.45) is 0 Å². The molecule has 4 aromatic carbocycles. The molecule has 2 amide bonds. The average Bonchev–Trinajstić information content (AvgIpc) is 2.15. The molecule has 4 aromatic heterocycles. The maximum Gasteiger partial charge on any atom is 0.416 e. The number of nitrogens with one attached hydrogen (secondary N) is 2. The first kappa shape index (κ1) is 62.1. The summed E-state index contributed by atoms with van der Waals surface area (Å²) in [7, 11) is 7.54. The summed E-state index contributed by atoms with van der Waals surface area (Å²) in [6.07, 6.45) is 0.212. The van der Waals surface area contributed by atoms with Crippen LogP contribution in [0.15, 0.2) is 134 Å². The van der Waals surface area contributed by atoms with Crippen LogP contribution in [0.25, 0.3) is 22.5 Å². The fourth-order valence-electron chi connectivity index (χ4n) is 9.96. The van der Waals surface area contributed by atoms with Crippen molar-refractivity contribution < 1.29 is 45.4 Å². The number of aromatic nitrogens is 6. The monoisotopic (exact) mass is 1220 g/mol. The van der Waals surface area contributed by atoms with E-state index >= 15 is 0 Å². The summed E-state index contributed by atoms with van der Waals surface area (Å²) in [6.45, 7) is 7.08. The lowest BCUT2D eigenvalue weighted by atomic mass is 10.0. The number of likely N-dealkylation sites (tertiary alicyclic amines) is 2. The number of aryl methyl sites for hydroxylation is 2. The van der Waals surface area contributed by atoms with Gasteiger partial charge < -0.3 is 39.7 Å². The molecule has 0 bridgehead atoms. The van der Waals surface area contributed by atoms with Gasteiger partial charge in [0.2, 0.25) is 11.8 Å². The van der Waals surface area contributed by atoms with E-state index in [4.69, 9.17) is 32.7 Å². The second kappa shape index (κ2) is 26.9. The quantitative estimate of drug-likeness (QED) is 0.0877. The Hall–Kier alpha value is -8.44. The maximum atomic E-state index is 13.7. The molecule has 0 aliphatic carbocycles. The predicted molar refractivity (Wildman–Crippen MR) is 320 cm³/mol. The number of ether oxygens (including phenoxy) is 2. The summed E-state index contributed by atoms with van der Waals surface area (Å²) < 4.78 is 94.1. The van der Waals surface area contributed by atoms with Gasteiger partial charge in [-0.3, -0.25) is 9.59 Å². The number of carbonyl (C=O) groups is 2. The van der Waals surface area contributed by atoms with E-state index in [9.17, 15) is 35.9 Å². The van der Waals surface area contributed by atoms with Crippen molar-refractivity contribution in [2.45, 2.75) is 64.0 Å². The molecular weight excluding hydrogens is 1160 g/mol. The second-order valence-corrected chi connectivity index (χ2v) is 21.4. The molecule has 2 unspecified atom stereocenters. The van der Waals surface area contributed by atoms with Crippen LogP contribution in [0.3, 0.4) is 0 Å². The lowest BCUT2D eigenvalue weighted by Gasteiger charge is -2.29. The number of hydrogen-bond donors (Lipinski definition) is 2. The summed E-state index contributed by atoms with van der Waals surface area (Å²) in [6, 6.07) is 26.4. The molecule has 448 valence electrons. The van der Waals surface area contributed by atoms with Crippen LogP contribution < -0.4 is 29.9 Å². The number of pyridine rings is 2. The zero-order valence-corrected chi connectivity index (χ0v) is 49.2. The van der Waals surface area contributed by atoms with E-state index in [0.717, 1.165) is 63.3 Å². The van der Waals surface area contributed by atoms with E-state index in [-0.39, 0.29) is 56.4 Å². The van der Waals surface area contributed by atoms with Crippen molar-refractivity contribution in [3.8, 4) is 45.8 Å². The summed E-state index contributed by atoms with van der Waals surface area (Å²) in [5, 5.41) is 5.75. The van der Waals surface area contributed by atoms with Crippen LogP contribution in [0, 0.1) is 0 Å². The Labute approximate surface area is 503 Å². The first-order chi connectivity index (χ1) is 41.1. The number of likely N-dealkylation sites (N-methyl/N-ethyl adjacent to an activating group) is 4. The van der Waals surface area contributed by atoms with Gasteiger partial charge in [0, 0.05) is 100 Å². The fourth-order valence-corrected chi connectivity index (χ4v) is 10.3. The molecule has 16 nitrogen and oxygen atoms in total. The maximum absolute atomic E-state index is 13.7. The first-order valence-electron chi connectivity index (χ1n) is 27.4. The third kappa shape index (κ3) is 15.0. The number of halogens is 8. The van der Waals surface area contributed by atoms with Crippen molar-refractivity contribution in [1.29, 1.82) is 0 Å². The number of rotatable bonds is 16. The zero-order chi connectivity index (χ0) is 61.5. The van der Waals surface area contributed by atoms with Crippen LogP contribution in [-0.4, -0.2) is 118 Å². The van der Waals surface area contributed by atoms with E-state index in [0.29, 0.717) is 69.9 Å². The Morgan fingerprint density at radius 3 is 1.34 bits per heavy atom. The van der Waals surface area contributed by atoms with E-state index < -0.39 is 35.3 Å². The van der Waals surface area contributed by atoms with Gasteiger partial charge in [0.05, 0.1) is 66.2 Å². The van der Waals surface area contributed by atoms with E-state index in [1.54, 1.807) is 75.3 Å². The van der Waals surface area contributed by atoms with Crippen molar-refractivity contribution in [3.63, 3.8) is 0 Å². The van der Waals surface area contributed by atoms with Gasteiger partial charge in [-0.25, -0.2) is 29.9 Å². The van der Waals surface area contributed by atoms with Crippen LogP contribution in [0.4, 0.5) is 49.1 Å².